The third-order valence-corrected chi connectivity index (χ3v) is 7.22. The molecule has 130 valence electrons. The van der Waals surface area contributed by atoms with Gasteiger partial charge in [-0.1, -0.05) is 12.1 Å². The quantitative estimate of drug-likeness (QED) is 0.658. The largest absolute Gasteiger partial charge is 0.236 e. The van der Waals surface area contributed by atoms with Crippen LogP contribution in [-0.4, -0.2) is 29.3 Å². The molecule has 0 atom stereocenters. The van der Waals surface area contributed by atoms with E-state index in [1.54, 1.807) is 22.7 Å². The molecule has 1 aromatic carbocycles. The van der Waals surface area contributed by atoms with Crippen molar-refractivity contribution < 1.29 is 8.42 Å². The Labute approximate surface area is 151 Å². The van der Waals surface area contributed by atoms with E-state index in [1.165, 1.54) is 17.3 Å². The second-order valence-corrected chi connectivity index (χ2v) is 9.01. The number of aryl methyl sites for hydroxylation is 3. The van der Waals surface area contributed by atoms with Crippen LogP contribution >= 0.6 is 11.8 Å². The van der Waals surface area contributed by atoms with Crippen molar-refractivity contribution in [3.05, 3.63) is 47.3 Å². The Hall–Kier alpha value is -1.86. The lowest BCUT2D eigenvalue weighted by Crippen LogP contribution is -2.11. The Morgan fingerprint density at radius 2 is 2.00 bits per heavy atom. The zero-order valence-corrected chi connectivity index (χ0v) is 15.8. The molecule has 2 aromatic heterocycles. The van der Waals surface area contributed by atoms with Gasteiger partial charge in [0, 0.05) is 11.9 Å². The molecule has 0 amide bonds. The minimum Gasteiger partial charge on any atom is -0.236 e. The normalized spacial score (nSPS) is 14.6. The average Bonchev–Trinajstić information content (AvgIpc) is 3.01. The molecule has 5 nitrogen and oxygen atoms in total. The lowest BCUT2D eigenvalue weighted by molar-refractivity contribution is 0.594. The second kappa shape index (κ2) is 6.14. The van der Waals surface area contributed by atoms with Crippen molar-refractivity contribution in [3.63, 3.8) is 0 Å². The first-order chi connectivity index (χ1) is 12.0. The lowest BCUT2D eigenvalue weighted by Gasteiger charge is -2.15. The first-order valence-corrected chi connectivity index (χ1v) is 11.0. The zero-order chi connectivity index (χ0) is 17.6. The topological polar surface area (TPSA) is 64.3 Å². The summed E-state index contributed by atoms with van der Waals surface area (Å²) in [6, 6.07) is 6.98. The molecule has 3 aromatic rings. The van der Waals surface area contributed by atoms with E-state index in [-0.39, 0.29) is 9.79 Å². The maximum atomic E-state index is 13.3. The van der Waals surface area contributed by atoms with Crippen molar-refractivity contribution >= 4 is 27.2 Å². The fourth-order valence-corrected chi connectivity index (χ4v) is 5.88. The molecule has 0 aliphatic heterocycles. The third-order valence-electron chi connectivity index (χ3n) is 4.63. The lowest BCUT2D eigenvalue weighted by atomic mass is 9.97. The number of benzene rings is 1. The Morgan fingerprint density at radius 1 is 1.20 bits per heavy atom. The molecule has 0 bridgehead atoms. The molecule has 0 saturated carbocycles. The van der Waals surface area contributed by atoms with E-state index in [2.05, 4.69) is 10.1 Å². The van der Waals surface area contributed by atoms with Gasteiger partial charge in [-0.05, 0) is 62.1 Å². The Kier molecular flexibility index (Phi) is 4.08. The number of sulfone groups is 1. The molecular weight excluding hydrogens is 354 g/mol. The summed E-state index contributed by atoms with van der Waals surface area (Å²) in [6.45, 7) is 1.89. The van der Waals surface area contributed by atoms with E-state index in [4.69, 9.17) is 0 Å². The summed E-state index contributed by atoms with van der Waals surface area (Å²) in [4.78, 5) is 5.00. The maximum Gasteiger partial charge on any atom is 0.213 e. The minimum absolute atomic E-state index is 0.221. The van der Waals surface area contributed by atoms with Crippen LogP contribution in [0.15, 0.2) is 45.3 Å². The van der Waals surface area contributed by atoms with Gasteiger partial charge in [0.05, 0.1) is 4.90 Å². The number of nitrogens with zero attached hydrogens (tertiary/aromatic N) is 3. The summed E-state index contributed by atoms with van der Waals surface area (Å²) < 4.78 is 28.4. The van der Waals surface area contributed by atoms with Gasteiger partial charge < -0.3 is 0 Å². The number of aromatic nitrogens is 3. The summed E-state index contributed by atoms with van der Waals surface area (Å²) in [5, 5.41) is 5.10. The standard InChI is InChI=1S/C18H19N3O2S2/c1-12-6-5-8-14(10-12)25(22,23)16-17-19-11-13-7-3-4-9-15(13)21(17)20-18(16)24-2/h5-6,8,10-11H,3-4,7,9H2,1-2H3. The van der Waals surface area contributed by atoms with Gasteiger partial charge in [-0.2, -0.15) is 5.10 Å². The van der Waals surface area contributed by atoms with Gasteiger partial charge in [0.15, 0.2) is 10.5 Å². The van der Waals surface area contributed by atoms with Gasteiger partial charge in [0.1, 0.15) is 5.03 Å². The molecule has 2 heterocycles. The molecule has 4 rings (SSSR count). The average molecular weight is 374 g/mol. The predicted molar refractivity (Wildman–Crippen MR) is 98.0 cm³/mol. The van der Waals surface area contributed by atoms with E-state index in [0.29, 0.717) is 10.7 Å². The van der Waals surface area contributed by atoms with Crippen LogP contribution in [0.25, 0.3) is 5.65 Å². The van der Waals surface area contributed by atoms with E-state index in [9.17, 15) is 8.42 Å². The van der Waals surface area contributed by atoms with Crippen molar-refractivity contribution in [1.82, 2.24) is 14.6 Å². The molecule has 7 heteroatoms. The van der Waals surface area contributed by atoms with Gasteiger partial charge in [0.25, 0.3) is 0 Å². The number of rotatable bonds is 3. The van der Waals surface area contributed by atoms with Gasteiger partial charge >= 0.3 is 0 Å². The van der Waals surface area contributed by atoms with Crippen LogP contribution < -0.4 is 0 Å². The van der Waals surface area contributed by atoms with E-state index in [1.807, 2.05) is 25.4 Å². The Balaban J connectivity index is 2.01. The molecule has 1 aliphatic rings. The summed E-state index contributed by atoms with van der Waals surface area (Å²) >= 11 is 1.35. The van der Waals surface area contributed by atoms with Gasteiger partial charge in [-0.25, -0.2) is 17.9 Å². The van der Waals surface area contributed by atoms with Crippen molar-refractivity contribution in [2.45, 2.75) is 47.4 Å². The molecule has 0 radical (unpaired) electrons. The van der Waals surface area contributed by atoms with Crippen LogP contribution in [0.1, 0.15) is 29.7 Å². The smallest absolute Gasteiger partial charge is 0.213 e. The van der Waals surface area contributed by atoms with Gasteiger partial charge in [-0.3, -0.25) is 0 Å². The fraction of sp³-hybridized carbons (Fsp3) is 0.333. The number of fused-ring (bicyclic) bond motifs is 3. The van der Waals surface area contributed by atoms with Crippen LogP contribution in [0.4, 0.5) is 0 Å². The van der Waals surface area contributed by atoms with Crippen molar-refractivity contribution in [2.75, 3.05) is 6.26 Å². The van der Waals surface area contributed by atoms with E-state index >= 15 is 0 Å². The first kappa shape index (κ1) is 16.6. The molecule has 0 N–H and O–H groups in total. The predicted octanol–water partition coefficient (Wildman–Crippen LogP) is 3.47. The summed E-state index contributed by atoms with van der Waals surface area (Å²) in [6.07, 6.45) is 7.81. The van der Waals surface area contributed by atoms with Crippen molar-refractivity contribution in [3.8, 4) is 0 Å². The molecule has 0 saturated heterocycles. The Bertz CT molecular complexity index is 1070. The highest BCUT2D eigenvalue weighted by molar-refractivity contribution is 7.99. The first-order valence-electron chi connectivity index (χ1n) is 8.27. The van der Waals surface area contributed by atoms with Crippen molar-refractivity contribution in [1.29, 1.82) is 0 Å². The highest BCUT2D eigenvalue weighted by atomic mass is 32.2. The molecular formula is C18H19N3O2S2. The van der Waals surface area contributed by atoms with Gasteiger partial charge in [-0.15, -0.1) is 11.8 Å². The SMILES string of the molecule is CSc1nn2c3c(cnc2c1S(=O)(=O)c1cccc(C)c1)CCCC3. The molecule has 0 fully saturated rings. The highest BCUT2D eigenvalue weighted by Crippen LogP contribution is 2.34. The molecule has 1 aliphatic carbocycles. The molecule has 0 spiro atoms. The van der Waals surface area contributed by atoms with E-state index in [0.717, 1.165) is 36.9 Å². The van der Waals surface area contributed by atoms with Crippen LogP contribution in [0.2, 0.25) is 0 Å². The maximum absolute atomic E-state index is 13.3. The summed E-state index contributed by atoms with van der Waals surface area (Å²) in [7, 11) is -3.68. The highest BCUT2D eigenvalue weighted by Gasteiger charge is 2.30. The third kappa shape index (κ3) is 2.66. The second-order valence-electron chi connectivity index (χ2n) is 6.33. The number of hydrogen-bond donors (Lipinski definition) is 0. The monoisotopic (exact) mass is 373 g/mol. The number of hydrogen-bond acceptors (Lipinski definition) is 5. The Morgan fingerprint density at radius 3 is 2.76 bits per heavy atom. The van der Waals surface area contributed by atoms with Crippen LogP contribution in [0, 0.1) is 6.92 Å². The minimum atomic E-state index is -3.68. The van der Waals surface area contributed by atoms with E-state index < -0.39 is 9.84 Å². The zero-order valence-electron chi connectivity index (χ0n) is 14.2. The molecule has 0 unspecified atom stereocenters. The summed E-state index contributed by atoms with van der Waals surface area (Å²) in [5.41, 5.74) is 3.62. The van der Waals surface area contributed by atoms with Crippen LogP contribution in [-0.2, 0) is 22.7 Å². The molecule has 25 heavy (non-hydrogen) atoms. The van der Waals surface area contributed by atoms with Crippen LogP contribution in [0.5, 0.6) is 0 Å². The summed E-state index contributed by atoms with van der Waals surface area (Å²) in [5.74, 6) is 0. The van der Waals surface area contributed by atoms with Crippen molar-refractivity contribution in [2.24, 2.45) is 0 Å². The van der Waals surface area contributed by atoms with Gasteiger partial charge in [0.2, 0.25) is 9.84 Å². The number of thioether (sulfide) groups is 1. The fourth-order valence-electron chi connectivity index (χ4n) is 3.38. The van der Waals surface area contributed by atoms with Crippen LogP contribution in [0.3, 0.4) is 0 Å².